The number of hydrogen-bond donors (Lipinski definition) is 1. The van der Waals surface area contributed by atoms with E-state index in [1.54, 1.807) is 0 Å². The Hall–Kier alpha value is -1.57. The lowest BCUT2D eigenvalue weighted by molar-refractivity contribution is -0.141. The van der Waals surface area contributed by atoms with E-state index in [1.165, 1.54) is 11.9 Å². The number of amides is 1. The fourth-order valence-corrected chi connectivity index (χ4v) is 1.89. The number of nitrogens with one attached hydrogen (secondary N) is 1. The van der Waals surface area contributed by atoms with Crippen molar-refractivity contribution in [3.05, 3.63) is 17.5 Å². The number of piperazine rings is 1. The van der Waals surface area contributed by atoms with Crippen molar-refractivity contribution in [3.63, 3.8) is 0 Å². The predicted molar refractivity (Wildman–Crippen MR) is 57.0 cm³/mol. The van der Waals surface area contributed by atoms with E-state index < -0.39 is 17.8 Å². The van der Waals surface area contributed by atoms with Crippen molar-refractivity contribution in [1.82, 2.24) is 20.0 Å². The summed E-state index contributed by atoms with van der Waals surface area (Å²) in [5.74, 6) is -0.614. The van der Waals surface area contributed by atoms with Crippen LogP contribution in [0.25, 0.3) is 0 Å². The molecule has 1 aliphatic rings. The second-order valence-electron chi connectivity index (χ2n) is 4.11. The van der Waals surface area contributed by atoms with Crippen LogP contribution in [-0.4, -0.2) is 46.8 Å². The smallest absolute Gasteiger partial charge is 0.336 e. The summed E-state index contributed by atoms with van der Waals surface area (Å²) in [6.45, 7) is 2.00. The van der Waals surface area contributed by atoms with Gasteiger partial charge in [-0.3, -0.25) is 9.48 Å². The minimum Gasteiger partial charge on any atom is -0.336 e. The van der Waals surface area contributed by atoms with Gasteiger partial charge in [-0.05, 0) is 0 Å². The van der Waals surface area contributed by atoms with Gasteiger partial charge in [0.05, 0.1) is 5.56 Å². The highest BCUT2D eigenvalue weighted by Gasteiger charge is 2.39. The van der Waals surface area contributed by atoms with E-state index in [1.807, 2.05) is 0 Å². The molecule has 2 rings (SSSR count). The maximum atomic E-state index is 12.7. The first-order valence-corrected chi connectivity index (χ1v) is 5.50. The van der Waals surface area contributed by atoms with Crippen LogP contribution < -0.4 is 5.32 Å². The van der Waals surface area contributed by atoms with E-state index in [0.717, 1.165) is 10.9 Å². The highest BCUT2D eigenvalue weighted by molar-refractivity contribution is 5.95. The standard InChI is InChI=1S/C10H13F3N4O/c1-16-6-7(8(15-16)10(11,12)13)9(18)17-4-2-14-3-5-17/h6,14H,2-5H2,1H3. The quantitative estimate of drug-likeness (QED) is 0.801. The minimum atomic E-state index is -4.61. The normalized spacial score (nSPS) is 17.0. The monoisotopic (exact) mass is 262 g/mol. The molecule has 0 spiro atoms. The van der Waals surface area contributed by atoms with Crippen LogP contribution in [0.15, 0.2) is 6.20 Å². The highest BCUT2D eigenvalue weighted by Crippen LogP contribution is 2.31. The largest absolute Gasteiger partial charge is 0.435 e. The van der Waals surface area contributed by atoms with E-state index in [2.05, 4.69) is 10.4 Å². The van der Waals surface area contributed by atoms with E-state index in [4.69, 9.17) is 0 Å². The SMILES string of the molecule is Cn1cc(C(=O)N2CCNCC2)c(C(F)(F)F)n1. The van der Waals surface area contributed by atoms with Gasteiger partial charge < -0.3 is 10.2 Å². The molecular weight excluding hydrogens is 249 g/mol. The van der Waals surface area contributed by atoms with Gasteiger partial charge in [0.15, 0.2) is 5.69 Å². The molecule has 5 nitrogen and oxygen atoms in total. The maximum Gasteiger partial charge on any atom is 0.435 e. The molecule has 1 aromatic rings. The number of hydrogen-bond acceptors (Lipinski definition) is 3. The van der Waals surface area contributed by atoms with E-state index in [9.17, 15) is 18.0 Å². The molecule has 0 saturated carbocycles. The zero-order chi connectivity index (χ0) is 13.3. The molecule has 1 fully saturated rings. The van der Waals surface area contributed by atoms with Crippen LogP contribution in [-0.2, 0) is 13.2 Å². The summed E-state index contributed by atoms with van der Waals surface area (Å²) in [6, 6.07) is 0. The van der Waals surface area contributed by atoms with Crippen molar-refractivity contribution in [3.8, 4) is 0 Å². The number of aromatic nitrogens is 2. The molecule has 0 aromatic carbocycles. The first-order valence-electron chi connectivity index (χ1n) is 5.50. The lowest BCUT2D eigenvalue weighted by Gasteiger charge is -2.27. The lowest BCUT2D eigenvalue weighted by Crippen LogP contribution is -2.46. The van der Waals surface area contributed by atoms with Gasteiger partial charge >= 0.3 is 6.18 Å². The van der Waals surface area contributed by atoms with Crippen molar-refractivity contribution >= 4 is 5.91 Å². The molecule has 100 valence electrons. The maximum absolute atomic E-state index is 12.7. The predicted octanol–water partition coefficient (Wildman–Crippen LogP) is 0.484. The van der Waals surface area contributed by atoms with Gasteiger partial charge in [0.2, 0.25) is 0 Å². The van der Waals surface area contributed by atoms with Gasteiger partial charge in [0, 0.05) is 39.4 Å². The molecule has 1 aromatic heterocycles. The summed E-state index contributed by atoms with van der Waals surface area (Å²) < 4.78 is 39.2. The Morgan fingerprint density at radius 1 is 1.39 bits per heavy atom. The summed E-state index contributed by atoms with van der Waals surface area (Å²) >= 11 is 0. The molecule has 1 saturated heterocycles. The first kappa shape index (κ1) is 12.9. The van der Waals surface area contributed by atoms with Crippen LogP contribution in [0.3, 0.4) is 0 Å². The molecule has 0 atom stereocenters. The van der Waals surface area contributed by atoms with Crippen LogP contribution in [0.2, 0.25) is 0 Å². The van der Waals surface area contributed by atoms with Crippen LogP contribution in [0, 0.1) is 0 Å². The molecule has 2 heterocycles. The summed E-state index contributed by atoms with van der Waals surface area (Å²) in [4.78, 5) is 13.4. The summed E-state index contributed by atoms with van der Waals surface area (Å²) in [6.07, 6.45) is -3.49. The molecular formula is C10H13F3N4O. The van der Waals surface area contributed by atoms with Gasteiger partial charge in [0.1, 0.15) is 0 Å². The number of carbonyl (C=O) groups excluding carboxylic acids is 1. The molecule has 1 amide bonds. The highest BCUT2D eigenvalue weighted by atomic mass is 19.4. The number of carbonyl (C=O) groups is 1. The summed E-state index contributed by atoms with van der Waals surface area (Å²) in [7, 11) is 1.36. The third kappa shape index (κ3) is 2.47. The number of rotatable bonds is 1. The number of alkyl halides is 3. The van der Waals surface area contributed by atoms with Crippen molar-refractivity contribution in [2.75, 3.05) is 26.2 Å². The fraction of sp³-hybridized carbons (Fsp3) is 0.600. The molecule has 8 heteroatoms. The fourth-order valence-electron chi connectivity index (χ4n) is 1.89. The second-order valence-corrected chi connectivity index (χ2v) is 4.11. The number of aryl methyl sites for hydroxylation is 1. The third-order valence-corrected chi connectivity index (χ3v) is 2.73. The average Bonchev–Trinajstić information content (AvgIpc) is 2.71. The first-order chi connectivity index (χ1) is 8.39. The molecule has 0 radical (unpaired) electrons. The van der Waals surface area contributed by atoms with Crippen LogP contribution in [0.1, 0.15) is 16.1 Å². The molecule has 1 N–H and O–H groups in total. The molecule has 0 bridgehead atoms. The van der Waals surface area contributed by atoms with Crippen LogP contribution in [0.4, 0.5) is 13.2 Å². The molecule has 18 heavy (non-hydrogen) atoms. The zero-order valence-electron chi connectivity index (χ0n) is 9.79. The van der Waals surface area contributed by atoms with Gasteiger partial charge in [-0.15, -0.1) is 0 Å². The minimum absolute atomic E-state index is 0.382. The number of halogens is 3. The second kappa shape index (κ2) is 4.60. The molecule has 0 aliphatic carbocycles. The van der Waals surface area contributed by atoms with Crippen LogP contribution >= 0.6 is 0 Å². The van der Waals surface area contributed by atoms with Gasteiger partial charge in [-0.2, -0.15) is 18.3 Å². The molecule has 1 aliphatic heterocycles. The van der Waals surface area contributed by atoms with Crippen molar-refractivity contribution in [1.29, 1.82) is 0 Å². The lowest BCUT2D eigenvalue weighted by atomic mass is 10.2. The Morgan fingerprint density at radius 3 is 2.56 bits per heavy atom. The Balaban J connectivity index is 2.29. The summed E-state index contributed by atoms with van der Waals surface area (Å²) in [5.41, 5.74) is -1.50. The van der Waals surface area contributed by atoms with Gasteiger partial charge in [-0.25, -0.2) is 0 Å². The van der Waals surface area contributed by atoms with Crippen molar-refractivity contribution in [2.45, 2.75) is 6.18 Å². The average molecular weight is 262 g/mol. The topological polar surface area (TPSA) is 50.2 Å². The van der Waals surface area contributed by atoms with Crippen LogP contribution in [0.5, 0.6) is 0 Å². The Kier molecular flexibility index (Phi) is 3.29. The van der Waals surface area contributed by atoms with E-state index in [0.29, 0.717) is 26.2 Å². The summed E-state index contributed by atoms with van der Waals surface area (Å²) in [5, 5.41) is 6.36. The van der Waals surface area contributed by atoms with Crippen molar-refractivity contribution < 1.29 is 18.0 Å². The Labute approximate surface area is 102 Å². The van der Waals surface area contributed by atoms with E-state index in [-0.39, 0.29) is 5.56 Å². The van der Waals surface area contributed by atoms with Crippen molar-refractivity contribution in [2.24, 2.45) is 7.05 Å². The Morgan fingerprint density at radius 2 is 2.00 bits per heavy atom. The molecule has 0 unspecified atom stereocenters. The third-order valence-electron chi connectivity index (χ3n) is 2.73. The van der Waals surface area contributed by atoms with Gasteiger partial charge in [0.25, 0.3) is 5.91 Å². The number of nitrogens with zero attached hydrogens (tertiary/aromatic N) is 3. The zero-order valence-corrected chi connectivity index (χ0v) is 9.79. The van der Waals surface area contributed by atoms with Gasteiger partial charge in [-0.1, -0.05) is 0 Å². The van der Waals surface area contributed by atoms with E-state index >= 15 is 0 Å². The Bertz CT molecular complexity index is 448.